The van der Waals surface area contributed by atoms with Crippen LogP contribution in [0.2, 0.25) is 5.02 Å². The Balaban J connectivity index is 0.000000278. The average Bonchev–Trinajstić information content (AvgIpc) is 3.14. The van der Waals surface area contributed by atoms with Crippen molar-refractivity contribution >= 4 is 58.0 Å². The van der Waals surface area contributed by atoms with Crippen LogP contribution in [0.4, 0.5) is 17.3 Å². The van der Waals surface area contributed by atoms with Crippen LogP contribution in [0.25, 0.3) is 0 Å². The SMILES string of the molecule is CC(=N)c1cc(C(C)C)c(O)cc1O.CCNC(=O)C(C)=N.Cc1ccc(CN2CC(Nc3cccc(Sc4ncc(N5CCC(C)(N)CC5)nc4N)c3Cl)C2)cc1. The van der Waals surface area contributed by atoms with Crippen LogP contribution in [0.5, 0.6) is 11.5 Å². The molecule has 13 nitrogen and oxygen atoms in total. The largest absolute Gasteiger partial charge is 0.508 e. The molecule has 312 valence electrons. The Morgan fingerprint density at radius 2 is 1.72 bits per heavy atom. The molecular formula is C43H59ClN10O3S. The molecule has 2 fully saturated rings. The zero-order valence-corrected chi connectivity index (χ0v) is 36.2. The summed E-state index contributed by atoms with van der Waals surface area (Å²) in [6.45, 7) is 18.3. The van der Waals surface area contributed by atoms with Crippen molar-refractivity contribution in [1.82, 2.24) is 20.2 Å². The molecule has 2 aliphatic heterocycles. The molecule has 0 bridgehead atoms. The molecule has 3 heterocycles. The highest BCUT2D eigenvalue weighted by Crippen LogP contribution is 2.39. The Bertz CT molecular complexity index is 2050. The summed E-state index contributed by atoms with van der Waals surface area (Å²) < 4.78 is 0. The Kier molecular flexibility index (Phi) is 16.3. The van der Waals surface area contributed by atoms with Crippen LogP contribution in [-0.4, -0.2) is 86.7 Å². The van der Waals surface area contributed by atoms with Crippen LogP contribution in [0, 0.1) is 17.7 Å². The van der Waals surface area contributed by atoms with Gasteiger partial charge in [-0.2, -0.15) is 0 Å². The first-order valence-corrected chi connectivity index (χ1v) is 20.7. The van der Waals surface area contributed by atoms with Crippen LogP contribution in [0.15, 0.2) is 70.7 Å². The Labute approximate surface area is 352 Å². The van der Waals surface area contributed by atoms with Gasteiger partial charge in [-0.3, -0.25) is 15.1 Å². The molecule has 0 aliphatic carbocycles. The van der Waals surface area contributed by atoms with E-state index in [9.17, 15) is 15.0 Å². The van der Waals surface area contributed by atoms with E-state index >= 15 is 0 Å². The molecule has 3 aromatic carbocycles. The third-order valence-corrected chi connectivity index (χ3v) is 11.4. The predicted octanol–water partition coefficient (Wildman–Crippen LogP) is 7.56. The number of carbonyl (C=O) groups excluding carboxylic acids is 1. The number of anilines is 3. The molecule has 4 aromatic rings. The van der Waals surface area contributed by atoms with E-state index in [1.54, 1.807) is 19.2 Å². The predicted molar refractivity (Wildman–Crippen MR) is 238 cm³/mol. The van der Waals surface area contributed by atoms with Crippen molar-refractivity contribution in [3.63, 3.8) is 0 Å². The molecule has 0 atom stereocenters. The number of phenols is 2. The third kappa shape index (κ3) is 13.1. The van der Waals surface area contributed by atoms with E-state index in [0.717, 1.165) is 67.5 Å². The summed E-state index contributed by atoms with van der Waals surface area (Å²) in [5.41, 5.74) is 17.6. The van der Waals surface area contributed by atoms with E-state index in [1.165, 1.54) is 35.9 Å². The number of halogens is 1. The summed E-state index contributed by atoms with van der Waals surface area (Å²) in [6.07, 6.45) is 3.64. The number of aromatic nitrogens is 2. The first kappa shape index (κ1) is 45.8. The quantitative estimate of drug-likeness (QED) is 0.0691. The van der Waals surface area contributed by atoms with Crippen molar-refractivity contribution in [3.05, 3.63) is 88.1 Å². The maximum atomic E-state index is 10.4. The molecule has 58 heavy (non-hydrogen) atoms. The lowest BCUT2D eigenvalue weighted by Gasteiger charge is -2.40. The number of nitrogens with one attached hydrogen (secondary N) is 4. The minimum Gasteiger partial charge on any atom is -0.508 e. The van der Waals surface area contributed by atoms with Crippen LogP contribution < -0.4 is 27.0 Å². The van der Waals surface area contributed by atoms with Crippen LogP contribution in [0.3, 0.4) is 0 Å². The molecule has 0 spiro atoms. The van der Waals surface area contributed by atoms with Gasteiger partial charge in [0.2, 0.25) is 0 Å². The van der Waals surface area contributed by atoms with E-state index in [1.807, 2.05) is 39.0 Å². The van der Waals surface area contributed by atoms with Gasteiger partial charge in [-0.05, 0) is 82.7 Å². The summed E-state index contributed by atoms with van der Waals surface area (Å²) in [5.74, 6) is 1.15. The number of likely N-dealkylation sites (tertiary alicyclic amines) is 1. The molecule has 1 amide bonds. The number of hydrogen-bond acceptors (Lipinski definition) is 13. The number of phenolic OH excluding ortho intramolecular Hbond substituents is 2. The fourth-order valence-corrected chi connectivity index (χ4v) is 7.38. The molecule has 10 N–H and O–H groups in total. The number of benzene rings is 3. The molecule has 0 saturated carbocycles. The maximum absolute atomic E-state index is 10.4. The van der Waals surface area contributed by atoms with Crippen LogP contribution in [0.1, 0.15) is 82.6 Å². The van der Waals surface area contributed by atoms with Gasteiger partial charge in [-0.25, -0.2) is 9.97 Å². The smallest absolute Gasteiger partial charge is 0.264 e. The molecule has 0 radical (unpaired) electrons. The highest BCUT2D eigenvalue weighted by atomic mass is 35.5. The minimum absolute atomic E-state index is 0.0422. The fraction of sp³-hybridized carbons (Fsp3) is 0.419. The number of rotatable bonds is 11. The second-order valence-electron chi connectivity index (χ2n) is 15.5. The zero-order valence-electron chi connectivity index (χ0n) is 34.6. The topological polar surface area (TPSA) is 214 Å². The maximum Gasteiger partial charge on any atom is 0.264 e. The Hall–Kier alpha value is -4.89. The van der Waals surface area contributed by atoms with Crippen LogP contribution >= 0.6 is 23.4 Å². The van der Waals surface area contributed by atoms with Crippen molar-refractivity contribution in [1.29, 1.82) is 10.8 Å². The standard InChI is InChI=1S/C27H34ClN7S.C11H15NO2.C5H10N2O/c1-18-6-8-19(9-7-18)15-34-16-20(17-34)32-21-4-3-5-22(24(21)28)36-26-25(29)33-23(14-31-26)35-12-10-27(2,30)11-13-35;1-6(2)8-4-9(7(3)12)11(14)5-10(8)13;1-3-7-5(8)4(2)6/h3-9,14,20,32H,10-13,15-17,30H2,1-2H3,(H2,29,33);4-6,12-14H,1-3H3;6H,3H2,1-2H3,(H,7,8). The van der Waals surface area contributed by atoms with Gasteiger partial charge in [0, 0.05) is 67.0 Å². The number of nitrogens with zero attached hydrogens (tertiary/aromatic N) is 4. The lowest BCUT2D eigenvalue weighted by molar-refractivity contribution is -0.114. The van der Waals surface area contributed by atoms with Crippen LogP contribution in [-0.2, 0) is 11.3 Å². The lowest BCUT2D eigenvalue weighted by atomic mass is 9.91. The number of nitrogen functional groups attached to an aromatic ring is 1. The highest BCUT2D eigenvalue weighted by Gasteiger charge is 2.28. The van der Waals surface area contributed by atoms with Crippen molar-refractivity contribution in [2.24, 2.45) is 5.73 Å². The molecule has 2 aliphatic rings. The Morgan fingerprint density at radius 3 is 2.28 bits per heavy atom. The van der Waals surface area contributed by atoms with Gasteiger partial charge < -0.3 is 42.6 Å². The number of amides is 1. The number of nitrogens with two attached hydrogens (primary N) is 2. The summed E-state index contributed by atoms with van der Waals surface area (Å²) >= 11 is 8.24. The third-order valence-electron chi connectivity index (χ3n) is 9.84. The highest BCUT2D eigenvalue weighted by molar-refractivity contribution is 7.99. The number of aryl methyl sites for hydroxylation is 1. The number of hydrogen-bond donors (Lipinski definition) is 8. The lowest BCUT2D eigenvalue weighted by Crippen LogP contribution is -2.54. The number of piperidine rings is 1. The second kappa shape index (κ2) is 20.7. The number of carbonyl (C=O) groups is 1. The van der Waals surface area contributed by atoms with Gasteiger partial charge in [0.15, 0.2) is 5.82 Å². The van der Waals surface area contributed by atoms with E-state index in [4.69, 9.17) is 33.9 Å². The first-order valence-electron chi connectivity index (χ1n) is 19.5. The number of aromatic hydroxyl groups is 2. The van der Waals surface area contributed by atoms with Gasteiger partial charge in [-0.15, -0.1) is 0 Å². The average molecular weight is 832 g/mol. The van der Waals surface area contributed by atoms with Crippen molar-refractivity contribution in [2.75, 3.05) is 48.7 Å². The molecule has 6 rings (SSSR count). The first-order chi connectivity index (χ1) is 27.4. The van der Waals surface area contributed by atoms with Gasteiger partial charge in [0.25, 0.3) is 5.91 Å². The van der Waals surface area contributed by atoms with Crippen molar-refractivity contribution in [2.45, 2.75) is 95.3 Å². The molecule has 1 aromatic heterocycles. The summed E-state index contributed by atoms with van der Waals surface area (Å²) in [7, 11) is 0. The second-order valence-corrected chi connectivity index (χ2v) is 16.9. The minimum atomic E-state index is -0.285. The molecule has 0 unspecified atom stereocenters. The fourth-order valence-electron chi connectivity index (χ4n) is 6.28. The van der Waals surface area contributed by atoms with E-state index in [2.05, 4.69) is 68.5 Å². The van der Waals surface area contributed by atoms with Crippen molar-refractivity contribution < 1.29 is 15.0 Å². The van der Waals surface area contributed by atoms with Gasteiger partial charge in [0.1, 0.15) is 22.3 Å². The summed E-state index contributed by atoms with van der Waals surface area (Å²) in [5, 5.41) is 40.7. The van der Waals surface area contributed by atoms with E-state index < -0.39 is 0 Å². The van der Waals surface area contributed by atoms with Crippen molar-refractivity contribution in [3.8, 4) is 11.5 Å². The summed E-state index contributed by atoms with van der Waals surface area (Å²) in [4.78, 5) is 25.2. The monoisotopic (exact) mass is 830 g/mol. The molecular weight excluding hydrogens is 772 g/mol. The van der Waals surface area contributed by atoms with Gasteiger partial charge in [0.05, 0.1) is 28.7 Å². The van der Waals surface area contributed by atoms with E-state index in [-0.39, 0.29) is 34.6 Å². The van der Waals surface area contributed by atoms with Gasteiger partial charge in [-0.1, -0.05) is 73.1 Å². The Morgan fingerprint density at radius 1 is 1.07 bits per heavy atom. The zero-order chi connectivity index (χ0) is 42.7. The van der Waals surface area contributed by atoms with E-state index in [0.29, 0.717) is 39.7 Å². The molecule has 15 heteroatoms. The summed E-state index contributed by atoms with van der Waals surface area (Å²) in [6, 6.07) is 18.1. The molecule has 2 saturated heterocycles. The normalized spacial score (nSPS) is 15.0. The van der Waals surface area contributed by atoms with Gasteiger partial charge >= 0.3 is 0 Å².